The van der Waals surface area contributed by atoms with Gasteiger partial charge in [0.2, 0.25) is 5.91 Å². The second-order valence-corrected chi connectivity index (χ2v) is 8.28. The van der Waals surface area contributed by atoms with Crippen molar-refractivity contribution >= 4 is 28.6 Å². The van der Waals surface area contributed by atoms with Gasteiger partial charge in [-0.05, 0) is 51.5 Å². The minimum absolute atomic E-state index is 0.0790. The van der Waals surface area contributed by atoms with Crippen molar-refractivity contribution in [1.29, 1.82) is 0 Å². The smallest absolute Gasteiger partial charge is 0.326 e. The number of anilines is 1. The lowest BCUT2D eigenvalue weighted by Gasteiger charge is -2.20. The molecule has 2 heterocycles. The summed E-state index contributed by atoms with van der Waals surface area (Å²) in [6, 6.07) is 13.9. The van der Waals surface area contributed by atoms with Crippen LogP contribution in [0.2, 0.25) is 0 Å². The Kier molecular flexibility index (Phi) is 5.33. The molecule has 2 aromatic carbocycles. The number of carbonyl (C=O) groups excluding carboxylic acids is 2. The van der Waals surface area contributed by atoms with Gasteiger partial charge in [0.25, 0.3) is 0 Å². The van der Waals surface area contributed by atoms with Gasteiger partial charge in [0.05, 0.1) is 17.1 Å². The summed E-state index contributed by atoms with van der Waals surface area (Å²) in [6.45, 7) is 8.38. The molecule has 3 aromatic rings. The number of nitrogens with zero attached hydrogens (tertiary/aromatic N) is 3. The molecule has 0 saturated carbocycles. The van der Waals surface area contributed by atoms with E-state index in [0.717, 1.165) is 28.1 Å². The van der Waals surface area contributed by atoms with E-state index < -0.39 is 0 Å². The van der Waals surface area contributed by atoms with Gasteiger partial charge in [-0.15, -0.1) is 0 Å². The average molecular weight is 405 g/mol. The van der Waals surface area contributed by atoms with Gasteiger partial charge in [-0.25, -0.2) is 4.98 Å². The second kappa shape index (κ2) is 7.94. The summed E-state index contributed by atoms with van der Waals surface area (Å²) >= 11 is 0. The standard InChI is InChI=1S/C24H27N3O3/c1-15(2)30-23(29)14-27-21-8-6-5-7-19(21)25-24(27)18-12-22(28)26(13-18)20-10-9-16(3)11-17(20)4/h5-11,15,18H,12-14H2,1-4H3. The lowest BCUT2D eigenvalue weighted by atomic mass is 10.1. The summed E-state index contributed by atoms with van der Waals surface area (Å²) in [5.74, 6) is 0.454. The van der Waals surface area contributed by atoms with Crippen LogP contribution in [-0.4, -0.2) is 34.1 Å². The van der Waals surface area contributed by atoms with Crippen LogP contribution in [-0.2, 0) is 20.9 Å². The number of fused-ring (bicyclic) bond motifs is 1. The number of hydrogen-bond donors (Lipinski definition) is 0. The van der Waals surface area contributed by atoms with Crippen molar-refractivity contribution in [2.24, 2.45) is 0 Å². The number of benzene rings is 2. The number of amides is 1. The van der Waals surface area contributed by atoms with E-state index >= 15 is 0 Å². The minimum Gasteiger partial charge on any atom is -0.462 e. The molecule has 30 heavy (non-hydrogen) atoms. The Morgan fingerprint density at radius 2 is 1.97 bits per heavy atom. The highest BCUT2D eigenvalue weighted by atomic mass is 16.5. The van der Waals surface area contributed by atoms with Crippen LogP contribution < -0.4 is 4.90 Å². The molecule has 1 aliphatic rings. The van der Waals surface area contributed by atoms with Crippen molar-refractivity contribution in [2.75, 3.05) is 11.4 Å². The number of aryl methyl sites for hydroxylation is 2. The first-order chi connectivity index (χ1) is 14.3. The van der Waals surface area contributed by atoms with E-state index in [2.05, 4.69) is 6.07 Å². The fourth-order valence-electron chi connectivity index (χ4n) is 4.22. The van der Waals surface area contributed by atoms with E-state index in [-0.39, 0.29) is 30.4 Å². The van der Waals surface area contributed by atoms with Crippen molar-refractivity contribution in [3.63, 3.8) is 0 Å². The van der Waals surface area contributed by atoms with E-state index in [0.29, 0.717) is 13.0 Å². The van der Waals surface area contributed by atoms with E-state index in [1.807, 2.05) is 73.6 Å². The number of aromatic nitrogens is 2. The highest BCUT2D eigenvalue weighted by Crippen LogP contribution is 2.34. The fraction of sp³-hybridized carbons (Fsp3) is 0.375. The van der Waals surface area contributed by atoms with Gasteiger partial charge in [-0.2, -0.15) is 0 Å². The molecule has 1 fully saturated rings. The Labute approximate surface area is 176 Å². The van der Waals surface area contributed by atoms with Crippen molar-refractivity contribution in [3.05, 3.63) is 59.4 Å². The maximum absolute atomic E-state index is 12.9. The van der Waals surface area contributed by atoms with E-state index in [9.17, 15) is 9.59 Å². The Hall–Kier alpha value is -3.15. The summed E-state index contributed by atoms with van der Waals surface area (Å²) in [7, 11) is 0. The van der Waals surface area contributed by atoms with Gasteiger partial charge in [-0.1, -0.05) is 29.8 Å². The van der Waals surface area contributed by atoms with Gasteiger partial charge in [-0.3, -0.25) is 9.59 Å². The quantitative estimate of drug-likeness (QED) is 0.599. The number of para-hydroxylation sites is 2. The molecule has 1 amide bonds. The minimum atomic E-state index is -0.301. The second-order valence-electron chi connectivity index (χ2n) is 8.28. The van der Waals surface area contributed by atoms with Crippen LogP contribution in [0.5, 0.6) is 0 Å². The van der Waals surface area contributed by atoms with Gasteiger partial charge in [0, 0.05) is 24.6 Å². The first kappa shape index (κ1) is 20.1. The summed E-state index contributed by atoms with van der Waals surface area (Å²) in [5.41, 5.74) is 4.89. The molecule has 4 rings (SSSR count). The summed E-state index contributed by atoms with van der Waals surface area (Å²) in [6.07, 6.45) is 0.194. The zero-order valence-electron chi connectivity index (χ0n) is 17.9. The first-order valence-corrected chi connectivity index (χ1v) is 10.4. The van der Waals surface area contributed by atoms with Crippen molar-refractivity contribution < 1.29 is 14.3 Å². The normalized spacial score (nSPS) is 16.6. The largest absolute Gasteiger partial charge is 0.462 e. The van der Waals surface area contributed by atoms with Crippen LogP contribution in [0.1, 0.15) is 43.1 Å². The molecule has 1 aliphatic heterocycles. The molecular formula is C24H27N3O3. The number of hydrogen-bond acceptors (Lipinski definition) is 4. The van der Waals surface area contributed by atoms with Crippen molar-refractivity contribution in [2.45, 2.75) is 52.7 Å². The zero-order valence-corrected chi connectivity index (χ0v) is 17.9. The Morgan fingerprint density at radius 1 is 1.20 bits per heavy atom. The number of imidazole rings is 1. The third-order valence-electron chi connectivity index (χ3n) is 5.47. The fourth-order valence-corrected chi connectivity index (χ4v) is 4.22. The third-order valence-corrected chi connectivity index (χ3v) is 5.47. The van der Waals surface area contributed by atoms with Gasteiger partial charge in [0.15, 0.2) is 0 Å². The first-order valence-electron chi connectivity index (χ1n) is 10.4. The Bertz CT molecular complexity index is 1120. The van der Waals surface area contributed by atoms with E-state index in [1.54, 1.807) is 0 Å². The summed E-state index contributed by atoms with van der Waals surface area (Å²) in [4.78, 5) is 31.9. The average Bonchev–Trinajstić information content (AvgIpc) is 3.22. The predicted molar refractivity (Wildman–Crippen MR) is 117 cm³/mol. The van der Waals surface area contributed by atoms with Crippen LogP contribution >= 0.6 is 0 Å². The molecule has 1 unspecified atom stereocenters. The summed E-state index contributed by atoms with van der Waals surface area (Å²) < 4.78 is 7.27. The highest BCUT2D eigenvalue weighted by Gasteiger charge is 2.35. The molecule has 0 bridgehead atoms. The van der Waals surface area contributed by atoms with Crippen molar-refractivity contribution in [3.8, 4) is 0 Å². The van der Waals surface area contributed by atoms with Crippen LogP contribution in [0.4, 0.5) is 5.69 Å². The molecule has 0 aliphatic carbocycles. The van der Waals surface area contributed by atoms with Crippen LogP contribution in [0, 0.1) is 13.8 Å². The molecular weight excluding hydrogens is 378 g/mol. The number of ether oxygens (including phenoxy) is 1. The molecule has 156 valence electrons. The van der Waals surface area contributed by atoms with Crippen LogP contribution in [0.25, 0.3) is 11.0 Å². The molecule has 1 atom stereocenters. The topological polar surface area (TPSA) is 64.4 Å². The van der Waals surface area contributed by atoms with Crippen LogP contribution in [0.15, 0.2) is 42.5 Å². The monoisotopic (exact) mass is 405 g/mol. The molecule has 1 aromatic heterocycles. The maximum atomic E-state index is 12.9. The van der Waals surface area contributed by atoms with Crippen molar-refractivity contribution in [1.82, 2.24) is 9.55 Å². The third kappa shape index (κ3) is 3.82. The van der Waals surface area contributed by atoms with Gasteiger partial charge >= 0.3 is 5.97 Å². The maximum Gasteiger partial charge on any atom is 0.326 e. The molecule has 6 nitrogen and oxygen atoms in total. The molecule has 0 radical (unpaired) electrons. The van der Waals surface area contributed by atoms with Crippen LogP contribution in [0.3, 0.4) is 0 Å². The zero-order chi connectivity index (χ0) is 21.4. The highest BCUT2D eigenvalue weighted by molar-refractivity contribution is 5.97. The Morgan fingerprint density at radius 3 is 2.70 bits per heavy atom. The number of carbonyl (C=O) groups is 2. The predicted octanol–water partition coefficient (Wildman–Crippen LogP) is 4.13. The SMILES string of the molecule is Cc1ccc(N2CC(c3nc4ccccc4n3CC(=O)OC(C)C)CC2=O)c(C)c1. The molecule has 1 saturated heterocycles. The lowest BCUT2D eigenvalue weighted by molar-refractivity contribution is -0.148. The Balaban J connectivity index is 1.68. The molecule has 0 spiro atoms. The van der Waals surface area contributed by atoms with E-state index in [4.69, 9.17) is 9.72 Å². The van der Waals surface area contributed by atoms with Gasteiger partial charge in [0.1, 0.15) is 12.4 Å². The van der Waals surface area contributed by atoms with E-state index in [1.165, 1.54) is 5.56 Å². The molecule has 6 heteroatoms. The number of esters is 1. The lowest BCUT2D eigenvalue weighted by Crippen LogP contribution is -2.25. The molecule has 0 N–H and O–H groups in total. The number of rotatable bonds is 5. The summed E-state index contributed by atoms with van der Waals surface area (Å²) in [5, 5.41) is 0. The van der Waals surface area contributed by atoms with Gasteiger partial charge < -0.3 is 14.2 Å².